The van der Waals surface area contributed by atoms with E-state index in [1.807, 2.05) is 4.90 Å². The number of nitrogens with zero attached hydrogens (tertiary/aromatic N) is 3. The van der Waals surface area contributed by atoms with Gasteiger partial charge < -0.3 is 9.64 Å². The number of aromatic nitrogens is 2. The number of hydrogen-bond donors (Lipinski definition) is 1. The number of amides is 1. The molecule has 3 aliphatic rings. The van der Waals surface area contributed by atoms with E-state index < -0.39 is 0 Å². The number of H-pyrrole nitrogens is 1. The first-order valence-electron chi connectivity index (χ1n) is 8.41. The second kappa shape index (κ2) is 5.66. The molecule has 0 spiro atoms. The molecule has 0 radical (unpaired) electrons. The summed E-state index contributed by atoms with van der Waals surface area (Å²) in [6, 6.07) is 0.719. The molecule has 1 aromatic heterocycles. The summed E-state index contributed by atoms with van der Waals surface area (Å²) >= 11 is 0. The van der Waals surface area contributed by atoms with Crippen molar-refractivity contribution in [3.8, 4) is 0 Å². The largest absolute Gasteiger partial charge is 0.379 e. The van der Waals surface area contributed by atoms with Crippen LogP contribution in [0.15, 0.2) is 6.20 Å². The molecule has 0 bridgehead atoms. The van der Waals surface area contributed by atoms with Gasteiger partial charge in [0.25, 0.3) is 5.91 Å². The molecule has 1 aliphatic carbocycles. The number of aromatic amines is 1. The number of hydrogen-bond acceptors (Lipinski definition) is 4. The Labute approximate surface area is 130 Å². The molecule has 2 aliphatic heterocycles. The Bertz CT molecular complexity index is 548. The van der Waals surface area contributed by atoms with Crippen LogP contribution in [0.25, 0.3) is 0 Å². The molecule has 1 aromatic rings. The van der Waals surface area contributed by atoms with Crippen LogP contribution in [-0.4, -0.2) is 70.8 Å². The van der Waals surface area contributed by atoms with Gasteiger partial charge in [-0.2, -0.15) is 5.10 Å². The van der Waals surface area contributed by atoms with E-state index in [0.717, 1.165) is 50.5 Å². The number of carbonyl (C=O) groups is 1. The van der Waals surface area contributed by atoms with Crippen molar-refractivity contribution in [1.29, 1.82) is 0 Å². The molecule has 2 saturated heterocycles. The van der Waals surface area contributed by atoms with E-state index in [9.17, 15) is 4.79 Å². The van der Waals surface area contributed by atoms with Crippen LogP contribution >= 0.6 is 0 Å². The third kappa shape index (κ3) is 2.44. The molecular formula is C16H24N4O2. The highest BCUT2D eigenvalue weighted by Gasteiger charge is 2.40. The smallest absolute Gasteiger partial charge is 0.257 e. The van der Waals surface area contributed by atoms with Gasteiger partial charge in [-0.15, -0.1) is 0 Å². The fourth-order valence-corrected chi connectivity index (χ4v) is 3.91. The van der Waals surface area contributed by atoms with Crippen LogP contribution in [0.2, 0.25) is 0 Å². The summed E-state index contributed by atoms with van der Waals surface area (Å²) in [6.45, 7) is 6.61. The summed E-state index contributed by atoms with van der Waals surface area (Å²) in [7, 11) is 0. The molecule has 0 unspecified atom stereocenters. The van der Waals surface area contributed by atoms with Crippen LogP contribution < -0.4 is 0 Å². The predicted molar refractivity (Wildman–Crippen MR) is 81.9 cm³/mol. The zero-order valence-electron chi connectivity index (χ0n) is 13.1. The molecule has 3 fully saturated rings. The lowest BCUT2D eigenvalue weighted by Crippen LogP contribution is -2.49. The lowest BCUT2D eigenvalue weighted by Gasteiger charge is -2.35. The molecule has 22 heavy (non-hydrogen) atoms. The standard InChI is InChI=1S/C16H24N4O2/c1-11-14(19-6-8-22-9-7-19)4-5-20(11)16(21)13-10-17-18-15(13)12-2-3-12/h10-12,14H,2-9H2,1H3,(H,17,18)/t11-,14-/m1/s1. The van der Waals surface area contributed by atoms with Crippen molar-refractivity contribution in [2.75, 3.05) is 32.8 Å². The highest BCUT2D eigenvalue weighted by Crippen LogP contribution is 2.41. The fraction of sp³-hybridized carbons (Fsp3) is 0.750. The van der Waals surface area contributed by atoms with E-state index in [1.54, 1.807) is 6.20 Å². The van der Waals surface area contributed by atoms with Crippen LogP contribution in [0, 0.1) is 0 Å². The summed E-state index contributed by atoms with van der Waals surface area (Å²) in [5.41, 5.74) is 1.84. The minimum absolute atomic E-state index is 0.152. The Morgan fingerprint density at radius 1 is 1.27 bits per heavy atom. The van der Waals surface area contributed by atoms with Crippen molar-refractivity contribution in [1.82, 2.24) is 20.0 Å². The maximum absolute atomic E-state index is 12.9. The van der Waals surface area contributed by atoms with E-state index in [4.69, 9.17) is 4.74 Å². The number of rotatable bonds is 3. The number of morpholine rings is 1. The van der Waals surface area contributed by atoms with Crippen LogP contribution in [0.3, 0.4) is 0 Å². The monoisotopic (exact) mass is 304 g/mol. The van der Waals surface area contributed by atoms with Gasteiger partial charge >= 0.3 is 0 Å². The highest BCUT2D eigenvalue weighted by atomic mass is 16.5. The van der Waals surface area contributed by atoms with Gasteiger partial charge in [0.2, 0.25) is 0 Å². The summed E-state index contributed by atoms with van der Waals surface area (Å²) < 4.78 is 5.44. The van der Waals surface area contributed by atoms with Gasteiger partial charge in [-0.1, -0.05) is 0 Å². The molecule has 120 valence electrons. The molecule has 4 rings (SSSR count). The zero-order valence-corrected chi connectivity index (χ0v) is 13.1. The highest BCUT2D eigenvalue weighted by molar-refractivity contribution is 5.95. The van der Waals surface area contributed by atoms with Crippen LogP contribution in [0.4, 0.5) is 0 Å². The molecule has 1 saturated carbocycles. The molecule has 1 amide bonds. The van der Waals surface area contributed by atoms with Crippen molar-refractivity contribution in [3.63, 3.8) is 0 Å². The predicted octanol–water partition coefficient (Wildman–Crippen LogP) is 1.22. The topological polar surface area (TPSA) is 61.5 Å². The number of likely N-dealkylation sites (tertiary alicyclic amines) is 1. The van der Waals surface area contributed by atoms with Gasteiger partial charge in [-0.05, 0) is 26.2 Å². The number of ether oxygens (including phenoxy) is 1. The first kappa shape index (κ1) is 14.2. The normalized spacial score (nSPS) is 30.0. The number of nitrogens with one attached hydrogen (secondary N) is 1. The van der Waals surface area contributed by atoms with E-state index in [-0.39, 0.29) is 11.9 Å². The summed E-state index contributed by atoms with van der Waals surface area (Å²) in [6.07, 6.45) is 5.12. The van der Waals surface area contributed by atoms with Crippen LogP contribution in [0.1, 0.15) is 48.2 Å². The van der Waals surface area contributed by atoms with Crippen LogP contribution in [-0.2, 0) is 4.74 Å². The van der Waals surface area contributed by atoms with E-state index >= 15 is 0 Å². The molecule has 2 atom stereocenters. The molecule has 1 N–H and O–H groups in total. The maximum atomic E-state index is 12.9. The Morgan fingerprint density at radius 3 is 2.77 bits per heavy atom. The lowest BCUT2D eigenvalue weighted by molar-refractivity contribution is 0.0104. The van der Waals surface area contributed by atoms with Crippen molar-refractivity contribution in [2.24, 2.45) is 0 Å². The average molecular weight is 304 g/mol. The van der Waals surface area contributed by atoms with Crippen molar-refractivity contribution >= 4 is 5.91 Å². The van der Waals surface area contributed by atoms with Crippen molar-refractivity contribution in [3.05, 3.63) is 17.5 Å². The third-order valence-electron chi connectivity index (χ3n) is 5.37. The molecule has 3 heterocycles. The zero-order chi connectivity index (χ0) is 15.1. The maximum Gasteiger partial charge on any atom is 0.257 e. The quantitative estimate of drug-likeness (QED) is 0.912. The first-order valence-corrected chi connectivity index (χ1v) is 8.41. The minimum Gasteiger partial charge on any atom is -0.379 e. The van der Waals surface area contributed by atoms with Gasteiger partial charge in [0.05, 0.1) is 30.7 Å². The van der Waals surface area contributed by atoms with Crippen molar-refractivity contribution in [2.45, 2.75) is 44.2 Å². The summed E-state index contributed by atoms with van der Waals surface area (Å²) in [4.78, 5) is 17.4. The van der Waals surface area contributed by atoms with Gasteiger partial charge in [0, 0.05) is 37.6 Å². The third-order valence-corrected chi connectivity index (χ3v) is 5.37. The lowest BCUT2D eigenvalue weighted by atomic mass is 10.1. The molecule has 6 nitrogen and oxygen atoms in total. The van der Waals surface area contributed by atoms with Gasteiger partial charge in [-0.25, -0.2) is 0 Å². The minimum atomic E-state index is 0.152. The number of carbonyl (C=O) groups excluding carboxylic acids is 1. The van der Waals surface area contributed by atoms with Crippen LogP contribution in [0.5, 0.6) is 0 Å². The second-order valence-corrected chi connectivity index (χ2v) is 6.72. The first-order chi connectivity index (χ1) is 10.8. The van der Waals surface area contributed by atoms with E-state index in [0.29, 0.717) is 12.0 Å². The Kier molecular flexibility index (Phi) is 3.66. The summed E-state index contributed by atoms with van der Waals surface area (Å²) in [5, 5.41) is 7.15. The molecule has 0 aromatic carbocycles. The van der Waals surface area contributed by atoms with Gasteiger partial charge in [0.1, 0.15) is 0 Å². The Balaban J connectivity index is 1.48. The SMILES string of the molecule is C[C@@H]1[C@H](N2CCOCC2)CCN1C(=O)c1cn[nH]c1C1CC1. The Morgan fingerprint density at radius 2 is 2.05 bits per heavy atom. The molecular weight excluding hydrogens is 280 g/mol. The van der Waals surface area contributed by atoms with Crippen molar-refractivity contribution < 1.29 is 9.53 Å². The van der Waals surface area contributed by atoms with E-state index in [2.05, 4.69) is 22.0 Å². The average Bonchev–Trinajstić information content (AvgIpc) is 3.15. The van der Waals surface area contributed by atoms with Gasteiger partial charge in [0.15, 0.2) is 0 Å². The van der Waals surface area contributed by atoms with Gasteiger partial charge in [-0.3, -0.25) is 14.8 Å². The summed E-state index contributed by atoms with van der Waals surface area (Å²) in [5.74, 6) is 0.674. The second-order valence-electron chi connectivity index (χ2n) is 6.72. The van der Waals surface area contributed by atoms with E-state index in [1.165, 1.54) is 12.8 Å². The Hall–Kier alpha value is -1.40. The fourth-order valence-electron chi connectivity index (χ4n) is 3.91. The molecule has 6 heteroatoms.